The number of hydrogen-bond donors (Lipinski definition) is 2. The van der Waals surface area contributed by atoms with Gasteiger partial charge < -0.3 is 19.9 Å². The lowest BCUT2D eigenvalue weighted by molar-refractivity contribution is -0.139. The molecule has 0 aliphatic rings. The van der Waals surface area contributed by atoms with Crippen molar-refractivity contribution in [1.82, 2.24) is 15.1 Å². The van der Waals surface area contributed by atoms with Gasteiger partial charge in [0.15, 0.2) is 18.1 Å². The van der Waals surface area contributed by atoms with Gasteiger partial charge in [-0.3, -0.25) is 9.48 Å². The van der Waals surface area contributed by atoms with Crippen LogP contribution in [0.1, 0.15) is 41.2 Å². The lowest BCUT2D eigenvalue weighted by Gasteiger charge is -2.16. The summed E-state index contributed by atoms with van der Waals surface area (Å²) in [6, 6.07) is 4.60. The Bertz CT molecular complexity index is 860. The van der Waals surface area contributed by atoms with Gasteiger partial charge in [-0.15, -0.1) is 0 Å². The zero-order valence-electron chi connectivity index (χ0n) is 16.9. The first-order chi connectivity index (χ1) is 13.2. The minimum atomic E-state index is -1.08. The summed E-state index contributed by atoms with van der Waals surface area (Å²) in [7, 11) is 1.90. The van der Waals surface area contributed by atoms with Gasteiger partial charge in [-0.25, -0.2) is 4.79 Å². The second kappa shape index (κ2) is 9.25. The number of carboxylic acids is 1. The molecular formula is C20H27N3O5. The van der Waals surface area contributed by atoms with Crippen LogP contribution in [0.2, 0.25) is 0 Å². The number of aromatic nitrogens is 2. The molecule has 8 heteroatoms. The Morgan fingerprint density at radius 2 is 1.96 bits per heavy atom. The molecule has 0 saturated carbocycles. The van der Waals surface area contributed by atoms with Gasteiger partial charge in [0.25, 0.3) is 5.91 Å². The maximum atomic E-state index is 12.6. The molecule has 28 heavy (non-hydrogen) atoms. The summed E-state index contributed by atoms with van der Waals surface area (Å²) in [5.41, 5.74) is 3.58. The van der Waals surface area contributed by atoms with E-state index in [0.717, 1.165) is 17.0 Å². The van der Waals surface area contributed by atoms with E-state index in [1.54, 1.807) is 25.1 Å². The molecule has 2 N–H and O–H groups in total. The number of aliphatic carboxylic acids is 1. The third kappa shape index (κ3) is 5.25. The number of amides is 1. The molecule has 0 radical (unpaired) electrons. The molecule has 152 valence electrons. The molecule has 8 nitrogen and oxygen atoms in total. The number of ether oxygens (including phenoxy) is 2. The summed E-state index contributed by atoms with van der Waals surface area (Å²) >= 11 is 0. The van der Waals surface area contributed by atoms with Gasteiger partial charge in [-0.1, -0.05) is 0 Å². The van der Waals surface area contributed by atoms with Crippen molar-refractivity contribution in [2.75, 3.05) is 13.2 Å². The van der Waals surface area contributed by atoms with Crippen LogP contribution < -0.4 is 14.8 Å². The Morgan fingerprint density at radius 3 is 2.54 bits per heavy atom. The number of hydrogen-bond acceptors (Lipinski definition) is 5. The molecule has 1 heterocycles. The third-order valence-corrected chi connectivity index (χ3v) is 4.40. The molecule has 1 atom stereocenters. The third-order valence-electron chi connectivity index (χ3n) is 4.40. The molecule has 0 aliphatic carbocycles. The summed E-state index contributed by atoms with van der Waals surface area (Å²) in [4.78, 5) is 23.3. The van der Waals surface area contributed by atoms with Crippen molar-refractivity contribution in [3.05, 3.63) is 40.7 Å². The average Bonchev–Trinajstić information content (AvgIpc) is 2.86. The monoisotopic (exact) mass is 389 g/mol. The van der Waals surface area contributed by atoms with Crippen LogP contribution in [0, 0.1) is 13.8 Å². The number of benzene rings is 1. The van der Waals surface area contributed by atoms with E-state index < -0.39 is 12.6 Å². The summed E-state index contributed by atoms with van der Waals surface area (Å²) in [6.07, 6.45) is 0.676. The topological polar surface area (TPSA) is 103 Å². The van der Waals surface area contributed by atoms with E-state index in [9.17, 15) is 9.59 Å². The van der Waals surface area contributed by atoms with Crippen LogP contribution in [0.4, 0.5) is 0 Å². The van der Waals surface area contributed by atoms with Crippen molar-refractivity contribution in [1.29, 1.82) is 0 Å². The zero-order valence-corrected chi connectivity index (χ0v) is 16.9. The Labute approximate surface area is 164 Å². The van der Waals surface area contributed by atoms with Gasteiger partial charge >= 0.3 is 5.97 Å². The molecule has 0 saturated heterocycles. The number of nitrogens with zero attached hydrogens (tertiary/aromatic N) is 2. The Hall–Kier alpha value is -3.03. The van der Waals surface area contributed by atoms with E-state index in [-0.39, 0.29) is 17.7 Å². The summed E-state index contributed by atoms with van der Waals surface area (Å²) in [6.45, 7) is 7.60. The van der Waals surface area contributed by atoms with Gasteiger partial charge in [-0.05, 0) is 57.9 Å². The molecule has 1 aromatic carbocycles. The maximum Gasteiger partial charge on any atom is 0.341 e. The Balaban J connectivity index is 2.10. The van der Waals surface area contributed by atoms with Crippen LogP contribution >= 0.6 is 0 Å². The molecule has 2 aromatic rings. The van der Waals surface area contributed by atoms with Crippen molar-refractivity contribution >= 4 is 11.9 Å². The van der Waals surface area contributed by atoms with Gasteiger partial charge in [0.05, 0.1) is 12.3 Å². The number of carbonyl (C=O) groups excluding carboxylic acids is 1. The lowest BCUT2D eigenvalue weighted by Crippen LogP contribution is -2.34. The fourth-order valence-electron chi connectivity index (χ4n) is 2.95. The predicted octanol–water partition coefficient (Wildman–Crippen LogP) is 2.26. The van der Waals surface area contributed by atoms with Gasteiger partial charge in [0.1, 0.15) is 0 Å². The maximum absolute atomic E-state index is 12.6. The normalized spacial score (nSPS) is 11.8. The van der Waals surface area contributed by atoms with Gasteiger partial charge in [-0.2, -0.15) is 5.10 Å². The number of carbonyl (C=O) groups is 2. The molecule has 0 spiro atoms. The van der Waals surface area contributed by atoms with Crippen LogP contribution in [0.3, 0.4) is 0 Å². The highest BCUT2D eigenvalue weighted by atomic mass is 16.5. The Morgan fingerprint density at radius 1 is 1.25 bits per heavy atom. The highest BCUT2D eigenvalue weighted by Gasteiger charge is 2.17. The molecule has 0 aliphatic heterocycles. The van der Waals surface area contributed by atoms with E-state index in [1.807, 2.05) is 32.5 Å². The number of rotatable bonds is 9. The standard InChI is InChI=1S/C20H27N3O5/c1-6-27-18-10-15(7-8-17(18)28-11-19(24)25)20(26)21-12(2)9-16-13(3)22-23(5)14(16)4/h7-8,10,12H,6,9,11H2,1-5H3,(H,21,26)(H,24,25). The summed E-state index contributed by atoms with van der Waals surface area (Å²) in [5.74, 6) is -0.699. The lowest BCUT2D eigenvalue weighted by atomic mass is 10.0. The quantitative estimate of drug-likeness (QED) is 0.682. The summed E-state index contributed by atoms with van der Waals surface area (Å²) < 4.78 is 12.5. The van der Waals surface area contributed by atoms with Crippen molar-refractivity contribution in [3.63, 3.8) is 0 Å². The molecule has 1 amide bonds. The van der Waals surface area contributed by atoms with E-state index in [4.69, 9.17) is 14.6 Å². The molecular weight excluding hydrogens is 362 g/mol. The number of nitrogens with one attached hydrogen (secondary N) is 1. The van der Waals surface area contributed by atoms with E-state index in [1.165, 1.54) is 0 Å². The largest absolute Gasteiger partial charge is 0.490 e. The van der Waals surface area contributed by atoms with E-state index in [2.05, 4.69) is 10.4 Å². The number of carboxylic acid groups (broad SMARTS) is 1. The van der Waals surface area contributed by atoms with Crippen LogP contribution in [0.25, 0.3) is 0 Å². The van der Waals surface area contributed by atoms with Crippen molar-refractivity contribution < 1.29 is 24.2 Å². The second-order valence-electron chi connectivity index (χ2n) is 6.63. The van der Waals surface area contributed by atoms with Crippen molar-refractivity contribution in [3.8, 4) is 11.5 Å². The minimum Gasteiger partial charge on any atom is -0.490 e. The first-order valence-electron chi connectivity index (χ1n) is 9.14. The molecule has 2 rings (SSSR count). The molecule has 0 bridgehead atoms. The van der Waals surface area contributed by atoms with E-state index in [0.29, 0.717) is 24.3 Å². The minimum absolute atomic E-state index is 0.0902. The second-order valence-corrected chi connectivity index (χ2v) is 6.63. The highest BCUT2D eigenvalue weighted by Crippen LogP contribution is 2.28. The van der Waals surface area contributed by atoms with Crippen LogP contribution in [-0.2, 0) is 18.3 Å². The van der Waals surface area contributed by atoms with Crippen LogP contribution in [-0.4, -0.2) is 46.0 Å². The SMILES string of the molecule is CCOc1cc(C(=O)NC(C)Cc2c(C)nn(C)c2C)ccc1OCC(=O)O. The van der Waals surface area contributed by atoms with Crippen LogP contribution in [0.15, 0.2) is 18.2 Å². The average molecular weight is 389 g/mol. The summed E-state index contributed by atoms with van der Waals surface area (Å²) in [5, 5.41) is 16.1. The first-order valence-corrected chi connectivity index (χ1v) is 9.14. The highest BCUT2D eigenvalue weighted by molar-refractivity contribution is 5.95. The fourth-order valence-corrected chi connectivity index (χ4v) is 2.95. The number of aryl methyl sites for hydroxylation is 2. The fraction of sp³-hybridized carbons (Fsp3) is 0.450. The molecule has 1 unspecified atom stereocenters. The van der Waals surface area contributed by atoms with E-state index >= 15 is 0 Å². The predicted molar refractivity (Wildman–Crippen MR) is 104 cm³/mol. The first kappa shape index (κ1) is 21.3. The van der Waals surface area contributed by atoms with Gasteiger partial charge in [0.2, 0.25) is 0 Å². The van der Waals surface area contributed by atoms with Crippen LogP contribution in [0.5, 0.6) is 11.5 Å². The van der Waals surface area contributed by atoms with Crippen molar-refractivity contribution in [2.45, 2.75) is 40.2 Å². The molecule has 1 aromatic heterocycles. The Kier molecular flexibility index (Phi) is 7.03. The zero-order chi connectivity index (χ0) is 20.8. The van der Waals surface area contributed by atoms with Gasteiger partial charge in [0, 0.05) is 24.3 Å². The van der Waals surface area contributed by atoms with Crippen molar-refractivity contribution in [2.24, 2.45) is 7.05 Å². The smallest absolute Gasteiger partial charge is 0.341 e. The molecule has 0 fully saturated rings.